The highest BCUT2D eigenvalue weighted by atomic mass is 32.2. The van der Waals surface area contributed by atoms with Crippen molar-refractivity contribution in [3.63, 3.8) is 0 Å². The summed E-state index contributed by atoms with van der Waals surface area (Å²) >= 11 is 0. The third-order valence-electron chi connectivity index (χ3n) is 2.98. The molecule has 3 atom stereocenters. The van der Waals surface area contributed by atoms with Crippen LogP contribution in [0.15, 0.2) is 0 Å². The Kier molecular flexibility index (Phi) is 5.79. The van der Waals surface area contributed by atoms with Crippen LogP contribution in [0.3, 0.4) is 0 Å². The van der Waals surface area contributed by atoms with Crippen LogP contribution in [0.2, 0.25) is 0 Å². The Morgan fingerprint density at radius 3 is 2.93 bits per heavy atom. The lowest BCUT2D eigenvalue weighted by Crippen LogP contribution is -2.47. The quantitative estimate of drug-likeness (QED) is 0.762. The van der Waals surface area contributed by atoms with Crippen molar-refractivity contribution in [1.29, 1.82) is 0 Å². The molecule has 1 heterocycles. The van der Waals surface area contributed by atoms with Gasteiger partial charge in [0.15, 0.2) is 0 Å². The number of rotatable bonds is 5. The molecule has 1 N–H and O–H groups in total. The fourth-order valence-electron chi connectivity index (χ4n) is 2.13. The summed E-state index contributed by atoms with van der Waals surface area (Å²) in [6.07, 6.45) is 5.37. The molecule has 1 rings (SSSR count). The second-order valence-corrected chi connectivity index (χ2v) is 6.29. The van der Waals surface area contributed by atoms with Crippen LogP contribution in [0.5, 0.6) is 0 Å². The molecule has 0 aromatic carbocycles. The minimum absolute atomic E-state index is 0.491. The molecule has 0 bridgehead atoms. The molecular weight excluding hydrogens is 208 g/mol. The van der Waals surface area contributed by atoms with Crippen molar-refractivity contribution in [1.82, 2.24) is 10.2 Å². The molecule has 1 aliphatic rings. The average molecular weight is 232 g/mol. The van der Waals surface area contributed by atoms with Crippen LogP contribution in [0.25, 0.3) is 0 Å². The van der Waals surface area contributed by atoms with Gasteiger partial charge < -0.3 is 10.2 Å². The molecule has 15 heavy (non-hydrogen) atoms. The molecule has 0 aromatic rings. The number of likely N-dealkylation sites (tertiary alicyclic amines) is 1. The number of hydrogen-bond donors (Lipinski definition) is 1. The van der Waals surface area contributed by atoms with Gasteiger partial charge in [0.25, 0.3) is 0 Å². The first kappa shape index (κ1) is 13.1. The van der Waals surface area contributed by atoms with E-state index in [0.29, 0.717) is 12.1 Å². The van der Waals surface area contributed by atoms with Crippen molar-refractivity contribution >= 4 is 10.8 Å². The van der Waals surface area contributed by atoms with Crippen LogP contribution < -0.4 is 5.32 Å². The number of nitrogens with one attached hydrogen (secondary N) is 1. The van der Waals surface area contributed by atoms with Crippen LogP contribution in [0, 0.1) is 0 Å². The van der Waals surface area contributed by atoms with Crippen LogP contribution in [-0.4, -0.2) is 53.3 Å². The predicted molar refractivity (Wildman–Crippen MR) is 66.7 cm³/mol. The smallest absolute Gasteiger partial charge is 0.0246 e. The lowest BCUT2D eigenvalue weighted by atomic mass is 10.1. The van der Waals surface area contributed by atoms with Crippen molar-refractivity contribution < 1.29 is 4.21 Å². The second kappa shape index (κ2) is 6.61. The summed E-state index contributed by atoms with van der Waals surface area (Å²) in [5.74, 6) is 0.816. The Labute approximate surface area is 96.1 Å². The van der Waals surface area contributed by atoms with Gasteiger partial charge in [-0.3, -0.25) is 4.21 Å². The third-order valence-corrected chi connectivity index (χ3v) is 3.79. The maximum absolute atomic E-state index is 11.0. The van der Waals surface area contributed by atoms with Gasteiger partial charge in [0, 0.05) is 41.4 Å². The highest BCUT2D eigenvalue weighted by Gasteiger charge is 2.18. The molecule has 0 radical (unpaired) electrons. The number of hydrogen-bond acceptors (Lipinski definition) is 3. The van der Waals surface area contributed by atoms with E-state index in [-0.39, 0.29) is 0 Å². The highest BCUT2D eigenvalue weighted by molar-refractivity contribution is 7.84. The van der Waals surface area contributed by atoms with Gasteiger partial charge in [-0.05, 0) is 39.8 Å². The van der Waals surface area contributed by atoms with Crippen molar-refractivity contribution in [2.24, 2.45) is 0 Å². The molecule has 3 nitrogen and oxygen atoms in total. The fourth-order valence-corrected chi connectivity index (χ4v) is 2.82. The molecule has 1 fully saturated rings. The van der Waals surface area contributed by atoms with E-state index in [9.17, 15) is 4.21 Å². The summed E-state index contributed by atoms with van der Waals surface area (Å²) in [5.41, 5.74) is 0. The summed E-state index contributed by atoms with van der Waals surface area (Å²) in [5, 5.41) is 3.63. The molecule has 1 saturated heterocycles. The van der Waals surface area contributed by atoms with E-state index >= 15 is 0 Å². The summed E-state index contributed by atoms with van der Waals surface area (Å²) in [6.45, 7) is 4.58. The summed E-state index contributed by atoms with van der Waals surface area (Å²) in [6, 6.07) is 1.12. The van der Waals surface area contributed by atoms with Crippen molar-refractivity contribution in [2.45, 2.75) is 38.3 Å². The molecule has 0 spiro atoms. The zero-order valence-corrected chi connectivity index (χ0v) is 11.0. The average Bonchev–Trinajstić information content (AvgIpc) is 2.15. The lowest BCUT2D eigenvalue weighted by Gasteiger charge is -2.32. The Hall–Kier alpha value is 0.0700. The standard InChI is InChI=1S/C11H24N2OS/c1-10(6-8-15(3)14)12-11-5-4-7-13(2)9-11/h10-12H,4-9H2,1-3H3. The second-order valence-electron chi connectivity index (χ2n) is 4.74. The van der Waals surface area contributed by atoms with Crippen LogP contribution in [-0.2, 0) is 10.8 Å². The first-order valence-corrected chi connectivity index (χ1v) is 7.55. The molecule has 1 aliphatic heterocycles. The number of nitrogens with zero attached hydrogens (tertiary/aromatic N) is 1. The monoisotopic (exact) mass is 232 g/mol. The van der Waals surface area contributed by atoms with E-state index in [1.54, 1.807) is 6.26 Å². The summed E-state index contributed by atoms with van der Waals surface area (Å²) < 4.78 is 11.0. The molecule has 0 saturated carbocycles. The molecule has 0 aromatic heterocycles. The molecule has 0 aliphatic carbocycles. The highest BCUT2D eigenvalue weighted by Crippen LogP contribution is 2.09. The van der Waals surface area contributed by atoms with Gasteiger partial charge in [-0.25, -0.2) is 0 Å². The predicted octanol–water partition coefficient (Wildman–Crippen LogP) is 0.827. The van der Waals surface area contributed by atoms with E-state index in [4.69, 9.17) is 0 Å². The Morgan fingerprint density at radius 2 is 2.33 bits per heavy atom. The molecular formula is C11H24N2OS. The Morgan fingerprint density at radius 1 is 1.60 bits per heavy atom. The van der Waals surface area contributed by atoms with E-state index in [1.165, 1.54) is 19.4 Å². The van der Waals surface area contributed by atoms with Gasteiger partial charge in [0.2, 0.25) is 0 Å². The zero-order valence-electron chi connectivity index (χ0n) is 10.2. The van der Waals surface area contributed by atoms with Gasteiger partial charge in [0.1, 0.15) is 0 Å². The fraction of sp³-hybridized carbons (Fsp3) is 1.00. The SMILES string of the molecule is CC(CCS(C)=O)NC1CCCN(C)C1. The number of likely N-dealkylation sites (N-methyl/N-ethyl adjacent to an activating group) is 1. The van der Waals surface area contributed by atoms with E-state index in [0.717, 1.165) is 18.7 Å². The Bertz CT molecular complexity index is 211. The molecule has 4 heteroatoms. The van der Waals surface area contributed by atoms with Crippen LogP contribution in [0.1, 0.15) is 26.2 Å². The van der Waals surface area contributed by atoms with E-state index in [2.05, 4.69) is 24.2 Å². The van der Waals surface area contributed by atoms with Gasteiger partial charge >= 0.3 is 0 Å². The molecule has 3 unspecified atom stereocenters. The summed E-state index contributed by atoms with van der Waals surface area (Å²) in [4.78, 5) is 2.38. The number of piperidine rings is 1. The van der Waals surface area contributed by atoms with Gasteiger partial charge in [-0.1, -0.05) is 0 Å². The molecule has 0 amide bonds. The summed E-state index contributed by atoms with van der Waals surface area (Å²) in [7, 11) is 1.53. The van der Waals surface area contributed by atoms with Gasteiger partial charge in [-0.2, -0.15) is 0 Å². The molecule has 90 valence electrons. The van der Waals surface area contributed by atoms with Crippen molar-refractivity contribution in [3.8, 4) is 0 Å². The third kappa shape index (κ3) is 5.64. The van der Waals surface area contributed by atoms with E-state index < -0.39 is 10.8 Å². The lowest BCUT2D eigenvalue weighted by molar-refractivity contribution is 0.217. The zero-order chi connectivity index (χ0) is 11.3. The van der Waals surface area contributed by atoms with Crippen LogP contribution >= 0.6 is 0 Å². The minimum Gasteiger partial charge on any atom is -0.310 e. The topological polar surface area (TPSA) is 32.3 Å². The minimum atomic E-state index is -0.650. The van der Waals surface area contributed by atoms with Crippen molar-refractivity contribution in [2.75, 3.05) is 32.1 Å². The first-order valence-electron chi connectivity index (χ1n) is 5.82. The normalized spacial score (nSPS) is 27.5. The maximum atomic E-state index is 11.0. The van der Waals surface area contributed by atoms with Crippen LogP contribution in [0.4, 0.5) is 0 Å². The maximum Gasteiger partial charge on any atom is 0.0246 e. The largest absolute Gasteiger partial charge is 0.310 e. The van der Waals surface area contributed by atoms with E-state index in [1.807, 2.05) is 0 Å². The Balaban J connectivity index is 2.18. The van der Waals surface area contributed by atoms with Gasteiger partial charge in [0.05, 0.1) is 0 Å². The van der Waals surface area contributed by atoms with Gasteiger partial charge in [-0.15, -0.1) is 0 Å². The first-order chi connectivity index (χ1) is 7.08. The van der Waals surface area contributed by atoms with Crippen molar-refractivity contribution in [3.05, 3.63) is 0 Å².